The largest absolute Gasteiger partial charge is 0.495 e. The number of nitrogens with zero attached hydrogens (tertiary/aromatic N) is 1. The van der Waals surface area contributed by atoms with Gasteiger partial charge in [-0.15, -0.1) is 0 Å². The van der Waals surface area contributed by atoms with Crippen molar-refractivity contribution in [2.45, 2.75) is 31.6 Å². The van der Waals surface area contributed by atoms with Crippen LogP contribution in [0.25, 0.3) is 0 Å². The van der Waals surface area contributed by atoms with E-state index in [-0.39, 0.29) is 23.1 Å². The Bertz CT molecular complexity index is 1020. The molecule has 0 unspecified atom stereocenters. The average molecular weight is 437 g/mol. The zero-order valence-corrected chi connectivity index (χ0v) is 18.3. The lowest BCUT2D eigenvalue weighted by atomic mass is 9.98. The van der Waals surface area contributed by atoms with Crippen molar-refractivity contribution >= 4 is 33.2 Å². The molecule has 29 heavy (non-hydrogen) atoms. The summed E-state index contributed by atoms with van der Waals surface area (Å²) in [4.78, 5) is 12.9. The first kappa shape index (κ1) is 21.6. The number of ether oxygens (including phenoxy) is 1. The molecule has 0 saturated carbocycles. The van der Waals surface area contributed by atoms with Crippen LogP contribution in [0.15, 0.2) is 41.3 Å². The van der Waals surface area contributed by atoms with Crippen LogP contribution >= 0.6 is 11.6 Å². The van der Waals surface area contributed by atoms with Gasteiger partial charge in [-0.3, -0.25) is 4.79 Å². The Morgan fingerprint density at radius 3 is 2.69 bits per heavy atom. The maximum atomic E-state index is 13.2. The molecule has 1 atom stereocenters. The predicted molar refractivity (Wildman–Crippen MR) is 114 cm³/mol. The van der Waals surface area contributed by atoms with E-state index in [0.717, 1.165) is 16.8 Å². The van der Waals surface area contributed by atoms with E-state index in [2.05, 4.69) is 5.32 Å². The van der Waals surface area contributed by atoms with E-state index in [9.17, 15) is 13.2 Å². The molecular weight excluding hydrogens is 412 g/mol. The summed E-state index contributed by atoms with van der Waals surface area (Å²) in [5, 5.41) is 3.27. The summed E-state index contributed by atoms with van der Waals surface area (Å²) in [7, 11) is -2.42. The van der Waals surface area contributed by atoms with Crippen LogP contribution in [0.5, 0.6) is 5.75 Å². The third-order valence-electron chi connectivity index (χ3n) is 5.15. The number of anilines is 1. The molecule has 156 valence electrons. The van der Waals surface area contributed by atoms with Gasteiger partial charge in [0.2, 0.25) is 15.9 Å². The molecule has 0 bridgehead atoms. The molecule has 0 spiro atoms. The maximum Gasteiger partial charge on any atom is 0.246 e. The lowest BCUT2D eigenvalue weighted by molar-refractivity contribution is -0.120. The average Bonchev–Trinajstić information content (AvgIpc) is 2.70. The fourth-order valence-electron chi connectivity index (χ4n) is 3.47. The number of rotatable bonds is 5. The van der Waals surface area contributed by atoms with Gasteiger partial charge in [0.05, 0.1) is 13.0 Å². The smallest absolute Gasteiger partial charge is 0.246 e. The first-order valence-electron chi connectivity index (χ1n) is 9.44. The summed E-state index contributed by atoms with van der Waals surface area (Å²) in [6.45, 7) is 4.36. The van der Waals surface area contributed by atoms with Crippen molar-refractivity contribution in [2.24, 2.45) is 5.92 Å². The summed E-state index contributed by atoms with van der Waals surface area (Å²) in [6, 6.07) is 10.4. The van der Waals surface area contributed by atoms with Crippen LogP contribution in [0, 0.1) is 19.8 Å². The molecule has 1 N–H and O–H groups in total. The van der Waals surface area contributed by atoms with E-state index in [1.165, 1.54) is 23.5 Å². The lowest BCUT2D eigenvalue weighted by Gasteiger charge is -2.31. The summed E-state index contributed by atoms with van der Waals surface area (Å²) in [5.41, 5.74) is 2.77. The Morgan fingerprint density at radius 1 is 1.21 bits per heavy atom. The Labute approximate surface area is 176 Å². The molecule has 0 radical (unpaired) electrons. The van der Waals surface area contributed by atoms with Crippen LogP contribution in [-0.2, 0) is 14.8 Å². The number of piperidine rings is 1. The number of hydrogen-bond acceptors (Lipinski definition) is 4. The van der Waals surface area contributed by atoms with E-state index in [1.807, 2.05) is 32.0 Å². The molecular formula is C21H25ClN2O4S. The molecule has 1 fully saturated rings. The Morgan fingerprint density at radius 2 is 1.97 bits per heavy atom. The molecule has 0 aliphatic carbocycles. The molecule has 1 aliphatic heterocycles. The van der Waals surface area contributed by atoms with Gasteiger partial charge in [-0.25, -0.2) is 8.42 Å². The predicted octanol–water partition coefficient (Wildman–Crippen LogP) is 4.00. The molecule has 8 heteroatoms. The third kappa shape index (κ3) is 4.74. The number of halogens is 1. The second-order valence-corrected chi connectivity index (χ2v) is 9.65. The highest BCUT2D eigenvalue weighted by Crippen LogP contribution is 2.32. The molecule has 6 nitrogen and oxygen atoms in total. The molecule has 1 amide bonds. The standard InChI is InChI=1S/C21H25ClN2O4S/c1-14-6-7-15(2)18(11-14)23-21(25)16-5-4-10-24(13-16)29(26,27)20-12-17(22)8-9-19(20)28-3/h6-9,11-12,16H,4-5,10,13H2,1-3H3,(H,23,25)/t16-/m0/s1. The van der Waals surface area contributed by atoms with Crippen LogP contribution in [0.1, 0.15) is 24.0 Å². The number of benzene rings is 2. The van der Waals surface area contributed by atoms with Crippen LogP contribution in [-0.4, -0.2) is 38.8 Å². The van der Waals surface area contributed by atoms with Gasteiger partial charge in [-0.1, -0.05) is 23.7 Å². The topological polar surface area (TPSA) is 75.7 Å². The summed E-state index contributed by atoms with van der Waals surface area (Å²) in [5.74, 6) is -0.364. The van der Waals surface area contributed by atoms with Crippen LogP contribution < -0.4 is 10.1 Å². The Balaban J connectivity index is 1.80. The Kier molecular flexibility index (Phi) is 6.51. The fourth-order valence-corrected chi connectivity index (χ4v) is 5.41. The Hall–Kier alpha value is -2.09. The SMILES string of the molecule is COc1ccc(Cl)cc1S(=O)(=O)N1CCC[C@H](C(=O)Nc2cc(C)ccc2C)C1. The summed E-state index contributed by atoms with van der Waals surface area (Å²) in [6.07, 6.45) is 1.24. The van der Waals surface area contributed by atoms with Gasteiger partial charge in [0.25, 0.3) is 0 Å². The molecule has 1 heterocycles. The van der Waals surface area contributed by atoms with Gasteiger partial charge >= 0.3 is 0 Å². The van der Waals surface area contributed by atoms with Crippen molar-refractivity contribution in [3.8, 4) is 5.75 Å². The van der Waals surface area contributed by atoms with E-state index in [4.69, 9.17) is 16.3 Å². The van der Waals surface area contributed by atoms with Crippen molar-refractivity contribution in [3.63, 3.8) is 0 Å². The van der Waals surface area contributed by atoms with Gasteiger partial charge in [0.1, 0.15) is 10.6 Å². The van der Waals surface area contributed by atoms with E-state index in [1.54, 1.807) is 6.07 Å². The van der Waals surface area contributed by atoms with Crippen molar-refractivity contribution in [3.05, 3.63) is 52.5 Å². The number of methoxy groups -OCH3 is 1. The van der Waals surface area contributed by atoms with Crippen molar-refractivity contribution in [2.75, 3.05) is 25.5 Å². The second-order valence-electron chi connectivity index (χ2n) is 7.31. The maximum absolute atomic E-state index is 13.2. The highest BCUT2D eigenvalue weighted by atomic mass is 35.5. The van der Waals surface area contributed by atoms with Gasteiger partial charge in [-0.2, -0.15) is 4.31 Å². The molecule has 0 aromatic heterocycles. The normalized spacial score (nSPS) is 17.7. The third-order valence-corrected chi connectivity index (χ3v) is 7.27. The minimum Gasteiger partial charge on any atom is -0.495 e. The van der Waals surface area contributed by atoms with Gasteiger partial charge < -0.3 is 10.1 Å². The minimum atomic E-state index is -3.84. The van der Waals surface area contributed by atoms with Crippen LogP contribution in [0.3, 0.4) is 0 Å². The second kappa shape index (κ2) is 8.73. The molecule has 2 aromatic rings. The van der Waals surface area contributed by atoms with Crippen LogP contribution in [0.4, 0.5) is 5.69 Å². The van der Waals surface area contributed by atoms with Crippen molar-refractivity contribution in [1.29, 1.82) is 0 Å². The molecule has 2 aromatic carbocycles. The van der Waals surface area contributed by atoms with Crippen LogP contribution in [0.2, 0.25) is 5.02 Å². The number of carbonyl (C=O) groups is 1. The summed E-state index contributed by atoms with van der Waals surface area (Å²) >= 11 is 6.01. The van der Waals surface area contributed by atoms with E-state index < -0.39 is 15.9 Å². The highest BCUT2D eigenvalue weighted by molar-refractivity contribution is 7.89. The number of hydrogen-bond donors (Lipinski definition) is 1. The fraction of sp³-hybridized carbons (Fsp3) is 0.381. The monoisotopic (exact) mass is 436 g/mol. The first-order valence-corrected chi connectivity index (χ1v) is 11.3. The zero-order valence-electron chi connectivity index (χ0n) is 16.7. The number of nitrogens with one attached hydrogen (secondary N) is 1. The van der Waals surface area contributed by atoms with Crippen molar-refractivity contribution in [1.82, 2.24) is 4.31 Å². The van der Waals surface area contributed by atoms with Gasteiger partial charge in [-0.05, 0) is 62.1 Å². The zero-order chi connectivity index (χ0) is 21.2. The minimum absolute atomic E-state index is 0.0167. The number of aryl methyl sites for hydroxylation is 2. The summed E-state index contributed by atoms with van der Waals surface area (Å²) < 4.78 is 33.0. The van der Waals surface area contributed by atoms with Crippen molar-refractivity contribution < 1.29 is 17.9 Å². The molecule has 1 aliphatic rings. The molecule has 1 saturated heterocycles. The van der Waals surface area contributed by atoms with E-state index >= 15 is 0 Å². The quantitative estimate of drug-likeness (QED) is 0.768. The van der Waals surface area contributed by atoms with E-state index in [0.29, 0.717) is 24.4 Å². The number of carbonyl (C=O) groups excluding carboxylic acids is 1. The lowest BCUT2D eigenvalue weighted by Crippen LogP contribution is -2.43. The van der Waals surface area contributed by atoms with Gasteiger partial charge in [0, 0.05) is 23.8 Å². The molecule has 3 rings (SSSR count). The van der Waals surface area contributed by atoms with Gasteiger partial charge in [0.15, 0.2) is 0 Å². The first-order chi connectivity index (χ1) is 13.7. The number of sulfonamides is 1. The number of amides is 1. The highest BCUT2D eigenvalue weighted by Gasteiger charge is 2.35.